The molecule has 6 fully saturated rings. The quantitative estimate of drug-likeness (QED) is 0.548. The van der Waals surface area contributed by atoms with E-state index in [9.17, 15) is 19.2 Å². The van der Waals surface area contributed by atoms with Crippen LogP contribution >= 0.6 is 0 Å². The first kappa shape index (κ1) is 25.5. The number of rotatable bonds is 2. The van der Waals surface area contributed by atoms with Gasteiger partial charge in [-0.1, -0.05) is 77.0 Å². The Morgan fingerprint density at radius 3 is 0.838 bits per heavy atom. The molecule has 0 aromatic rings. The van der Waals surface area contributed by atoms with Crippen molar-refractivity contribution >= 4 is 23.6 Å². The zero-order valence-electron chi connectivity index (χ0n) is 22.4. The van der Waals surface area contributed by atoms with Crippen molar-refractivity contribution in [3.05, 3.63) is 0 Å². The van der Waals surface area contributed by atoms with E-state index in [1.807, 2.05) is 0 Å². The molecule has 6 rings (SSSR count). The first-order valence-electron chi connectivity index (χ1n) is 15.2. The number of nitrogens with zero attached hydrogens (tertiary/aromatic N) is 2. The second kappa shape index (κ2) is 9.44. The minimum atomic E-state index is -0.755. The van der Waals surface area contributed by atoms with Crippen LogP contribution < -0.4 is 10.6 Å². The van der Waals surface area contributed by atoms with E-state index in [-0.39, 0.29) is 30.3 Å². The molecule has 0 aromatic heterocycles. The maximum absolute atomic E-state index is 14.1. The third kappa shape index (κ3) is 4.00. The largest absolute Gasteiger partial charge is 0.290 e. The monoisotopic (exact) mass is 512 g/mol. The van der Waals surface area contributed by atoms with Crippen molar-refractivity contribution in [2.24, 2.45) is 0 Å². The Bertz CT molecular complexity index is 805. The molecule has 0 atom stereocenters. The summed E-state index contributed by atoms with van der Waals surface area (Å²) < 4.78 is 0. The van der Waals surface area contributed by atoms with E-state index in [1.165, 1.54) is 9.80 Å². The molecular weight excluding hydrogens is 468 g/mol. The number of carbonyl (C=O) groups excluding carboxylic acids is 4. The van der Waals surface area contributed by atoms with Crippen LogP contribution in [-0.4, -0.2) is 62.3 Å². The predicted molar refractivity (Wildman–Crippen MR) is 138 cm³/mol. The van der Waals surface area contributed by atoms with Crippen molar-refractivity contribution in [3.8, 4) is 0 Å². The van der Waals surface area contributed by atoms with Crippen molar-refractivity contribution in [2.75, 3.05) is 6.67 Å². The first-order valence-corrected chi connectivity index (χ1v) is 15.2. The molecule has 0 radical (unpaired) electrons. The summed E-state index contributed by atoms with van der Waals surface area (Å²) in [5.74, 6) is -0.878. The molecular formula is C29H44N4O4. The summed E-state index contributed by atoms with van der Waals surface area (Å²) in [7, 11) is 0. The molecule has 4 aliphatic carbocycles. The Labute approximate surface area is 220 Å². The van der Waals surface area contributed by atoms with Crippen LogP contribution in [0.4, 0.5) is 0 Å². The van der Waals surface area contributed by atoms with Gasteiger partial charge in [-0.3, -0.25) is 39.6 Å². The Hall–Kier alpha value is -1.80. The van der Waals surface area contributed by atoms with E-state index in [4.69, 9.17) is 0 Å². The average Bonchev–Trinajstić information content (AvgIpc) is 2.93. The molecule has 4 saturated carbocycles. The topological polar surface area (TPSA) is 98.8 Å². The van der Waals surface area contributed by atoms with Gasteiger partial charge in [-0.15, -0.1) is 0 Å². The number of piperazine rings is 2. The predicted octanol–water partition coefficient (Wildman–Crippen LogP) is 3.67. The van der Waals surface area contributed by atoms with Crippen LogP contribution in [0, 0.1) is 0 Å². The molecule has 204 valence electrons. The molecule has 2 N–H and O–H groups in total. The fourth-order valence-electron chi connectivity index (χ4n) is 8.72. The van der Waals surface area contributed by atoms with E-state index in [2.05, 4.69) is 10.6 Å². The van der Waals surface area contributed by atoms with Gasteiger partial charge in [0.15, 0.2) is 0 Å². The van der Waals surface area contributed by atoms with Gasteiger partial charge in [0.25, 0.3) is 23.6 Å². The lowest BCUT2D eigenvalue weighted by molar-refractivity contribution is -0.176. The minimum absolute atomic E-state index is 0.217. The SMILES string of the molecule is O=C1N(CN2C(=O)C3(CCCCC3)NC3(CCCCC3)C2=O)C(=O)C2(CCCCC2)NC12CCCCC2. The summed E-state index contributed by atoms with van der Waals surface area (Å²) in [4.78, 5) is 59.3. The van der Waals surface area contributed by atoms with Gasteiger partial charge < -0.3 is 0 Å². The molecule has 0 unspecified atom stereocenters. The van der Waals surface area contributed by atoms with Gasteiger partial charge in [-0.25, -0.2) is 0 Å². The number of carbonyl (C=O) groups is 4. The van der Waals surface area contributed by atoms with Crippen LogP contribution in [-0.2, 0) is 19.2 Å². The van der Waals surface area contributed by atoms with Gasteiger partial charge in [0, 0.05) is 0 Å². The van der Waals surface area contributed by atoms with Crippen molar-refractivity contribution in [1.82, 2.24) is 20.4 Å². The molecule has 2 aliphatic heterocycles. The third-order valence-electron chi connectivity index (χ3n) is 10.7. The van der Waals surface area contributed by atoms with Crippen LogP contribution in [0.2, 0.25) is 0 Å². The Balaban J connectivity index is 1.37. The van der Waals surface area contributed by atoms with Gasteiger partial charge in [0.1, 0.15) is 6.67 Å². The molecule has 4 spiro atoms. The highest BCUT2D eigenvalue weighted by Crippen LogP contribution is 2.44. The summed E-state index contributed by atoms with van der Waals surface area (Å²) in [6.07, 6.45) is 17.7. The van der Waals surface area contributed by atoms with Crippen molar-refractivity contribution in [2.45, 2.75) is 151 Å². The number of amides is 4. The van der Waals surface area contributed by atoms with E-state index < -0.39 is 22.2 Å². The Morgan fingerprint density at radius 2 is 0.622 bits per heavy atom. The highest BCUT2D eigenvalue weighted by Gasteiger charge is 2.62. The first-order chi connectivity index (χ1) is 17.9. The lowest BCUT2D eigenvalue weighted by Crippen LogP contribution is -2.80. The number of hydrogen-bond donors (Lipinski definition) is 2. The molecule has 8 nitrogen and oxygen atoms in total. The normalized spacial score (nSPS) is 31.0. The molecule has 2 saturated heterocycles. The van der Waals surface area contributed by atoms with Crippen LogP contribution in [0.1, 0.15) is 128 Å². The van der Waals surface area contributed by atoms with E-state index in [0.29, 0.717) is 51.4 Å². The van der Waals surface area contributed by atoms with Gasteiger partial charge in [0.2, 0.25) is 0 Å². The summed E-state index contributed by atoms with van der Waals surface area (Å²) >= 11 is 0. The van der Waals surface area contributed by atoms with Crippen molar-refractivity contribution in [3.63, 3.8) is 0 Å². The van der Waals surface area contributed by atoms with Gasteiger partial charge in [-0.2, -0.15) is 0 Å². The zero-order valence-corrected chi connectivity index (χ0v) is 22.4. The van der Waals surface area contributed by atoms with Crippen LogP contribution in [0.5, 0.6) is 0 Å². The summed E-state index contributed by atoms with van der Waals surface area (Å²) in [6, 6.07) is 0. The van der Waals surface area contributed by atoms with Crippen molar-refractivity contribution < 1.29 is 19.2 Å². The number of imide groups is 2. The minimum Gasteiger partial charge on any atom is -0.290 e. The highest BCUT2D eigenvalue weighted by molar-refractivity contribution is 6.10. The standard InChI is InChI=1S/C29H44N4O4/c34-22-26(13-5-1-6-14-26)30-27(15-7-2-8-16-27)23(35)32(22)21-33-24(36)28(17-9-3-10-18-28)31-29(25(33)37)19-11-4-12-20-29/h30-31H,1-21H2. The van der Waals surface area contributed by atoms with Gasteiger partial charge >= 0.3 is 0 Å². The Morgan fingerprint density at radius 1 is 0.405 bits per heavy atom. The fourth-order valence-corrected chi connectivity index (χ4v) is 8.72. The number of nitrogens with one attached hydrogen (secondary N) is 2. The average molecular weight is 513 g/mol. The highest BCUT2D eigenvalue weighted by atomic mass is 16.2. The lowest BCUT2D eigenvalue weighted by Gasteiger charge is -2.56. The maximum Gasteiger partial charge on any atom is 0.251 e. The lowest BCUT2D eigenvalue weighted by atomic mass is 9.70. The second-order valence-electron chi connectivity index (χ2n) is 13.0. The van der Waals surface area contributed by atoms with Crippen LogP contribution in [0.3, 0.4) is 0 Å². The molecule has 2 heterocycles. The van der Waals surface area contributed by atoms with Crippen LogP contribution in [0.15, 0.2) is 0 Å². The van der Waals surface area contributed by atoms with E-state index in [0.717, 1.165) is 77.0 Å². The third-order valence-corrected chi connectivity index (χ3v) is 10.7. The summed E-state index contributed by atoms with van der Waals surface area (Å²) in [5, 5.41) is 7.29. The second-order valence-corrected chi connectivity index (χ2v) is 13.0. The summed E-state index contributed by atoms with van der Waals surface area (Å²) in [6.45, 7) is -0.217. The van der Waals surface area contributed by atoms with Crippen LogP contribution in [0.25, 0.3) is 0 Å². The summed E-state index contributed by atoms with van der Waals surface area (Å²) in [5.41, 5.74) is -3.02. The van der Waals surface area contributed by atoms with E-state index >= 15 is 0 Å². The molecule has 37 heavy (non-hydrogen) atoms. The van der Waals surface area contributed by atoms with E-state index in [1.54, 1.807) is 0 Å². The molecule has 6 aliphatic rings. The Kier molecular flexibility index (Phi) is 6.50. The van der Waals surface area contributed by atoms with Gasteiger partial charge in [-0.05, 0) is 51.4 Å². The number of hydrogen-bond acceptors (Lipinski definition) is 6. The fraction of sp³-hybridized carbons (Fsp3) is 0.862. The maximum atomic E-state index is 14.1. The zero-order chi connectivity index (χ0) is 25.7. The smallest absolute Gasteiger partial charge is 0.251 e. The molecule has 8 heteroatoms. The molecule has 0 aromatic carbocycles. The molecule has 4 amide bonds. The van der Waals surface area contributed by atoms with Crippen molar-refractivity contribution in [1.29, 1.82) is 0 Å². The molecule has 0 bridgehead atoms. The van der Waals surface area contributed by atoms with Gasteiger partial charge in [0.05, 0.1) is 22.2 Å².